The summed E-state index contributed by atoms with van der Waals surface area (Å²) in [5.41, 5.74) is 2.89. The lowest BCUT2D eigenvalue weighted by molar-refractivity contribution is -0.125. The average Bonchev–Trinajstić information content (AvgIpc) is 3.66. The molecule has 1 saturated carbocycles. The summed E-state index contributed by atoms with van der Waals surface area (Å²) in [6, 6.07) is 4.82. The maximum atomic E-state index is 13.4. The first-order chi connectivity index (χ1) is 18.5. The van der Waals surface area contributed by atoms with Crippen LogP contribution in [0.25, 0.3) is 0 Å². The van der Waals surface area contributed by atoms with Crippen molar-refractivity contribution in [3.8, 4) is 0 Å². The third-order valence-electron chi connectivity index (χ3n) is 8.64. The van der Waals surface area contributed by atoms with E-state index in [9.17, 15) is 14.4 Å². The second-order valence-electron chi connectivity index (χ2n) is 11.2. The van der Waals surface area contributed by atoms with Crippen molar-refractivity contribution < 1.29 is 14.4 Å². The minimum atomic E-state index is -0.816. The molecule has 2 aromatic rings. The highest BCUT2D eigenvalue weighted by Gasteiger charge is 2.45. The summed E-state index contributed by atoms with van der Waals surface area (Å²) in [4.78, 5) is 42.7. The van der Waals surface area contributed by atoms with Gasteiger partial charge in [0.05, 0.1) is 23.4 Å². The molecule has 3 amide bonds. The van der Waals surface area contributed by atoms with Crippen LogP contribution in [0.5, 0.6) is 0 Å². The third kappa shape index (κ3) is 4.75. The number of piperidine rings is 2. The van der Waals surface area contributed by atoms with Crippen molar-refractivity contribution in [1.29, 1.82) is 0 Å². The van der Waals surface area contributed by atoms with E-state index >= 15 is 0 Å². The molecular formula is C29H36N6O3. The zero-order valence-corrected chi connectivity index (χ0v) is 21.8. The molecule has 2 N–H and O–H groups in total. The Morgan fingerprint density at radius 2 is 1.82 bits per heavy atom. The number of carbonyl (C=O) groups excluding carboxylic acids is 3. The lowest BCUT2D eigenvalue weighted by Crippen LogP contribution is -2.51. The predicted molar refractivity (Wildman–Crippen MR) is 143 cm³/mol. The second kappa shape index (κ2) is 10.4. The Morgan fingerprint density at radius 3 is 2.58 bits per heavy atom. The van der Waals surface area contributed by atoms with Crippen molar-refractivity contribution >= 4 is 23.4 Å². The summed E-state index contributed by atoms with van der Waals surface area (Å²) in [7, 11) is 0. The van der Waals surface area contributed by atoms with E-state index in [4.69, 9.17) is 0 Å². The Labute approximate surface area is 223 Å². The van der Waals surface area contributed by atoms with Gasteiger partial charge in [0, 0.05) is 49.3 Å². The molecule has 3 aliphatic heterocycles. The fraction of sp³-hybridized carbons (Fsp3) is 0.517. The minimum Gasteiger partial charge on any atom is -0.380 e. The number of anilines is 1. The number of allylic oxidation sites excluding steroid dienone is 1. The lowest BCUT2D eigenvalue weighted by Gasteiger charge is -2.33. The van der Waals surface area contributed by atoms with Gasteiger partial charge >= 0.3 is 0 Å². The van der Waals surface area contributed by atoms with Crippen molar-refractivity contribution in [3.63, 3.8) is 0 Å². The molecule has 0 radical (unpaired) electrons. The van der Waals surface area contributed by atoms with E-state index in [2.05, 4.69) is 38.1 Å². The molecule has 0 spiro atoms. The highest BCUT2D eigenvalue weighted by atomic mass is 16.2. The van der Waals surface area contributed by atoms with Crippen LogP contribution in [0.15, 0.2) is 42.9 Å². The van der Waals surface area contributed by atoms with Crippen molar-refractivity contribution in [2.45, 2.75) is 70.0 Å². The molecule has 4 heterocycles. The first-order valence-electron chi connectivity index (χ1n) is 14.0. The zero-order chi connectivity index (χ0) is 26.2. The summed E-state index contributed by atoms with van der Waals surface area (Å²) < 4.78 is 2.09. The Bertz CT molecular complexity index is 1250. The smallest absolute Gasteiger partial charge is 0.264 e. The molecule has 6 rings (SSSR count). The number of nitrogens with zero attached hydrogens (tertiary/aromatic N) is 4. The van der Waals surface area contributed by atoms with Crippen molar-refractivity contribution in [2.24, 2.45) is 5.92 Å². The molecule has 3 fully saturated rings. The summed E-state index contributed by atoms with van der Waals surface area (Å²) in [5.74, 6) is -0.321. The lowest BCUT2D eigenvalue weighted by atomic mass is 10.0. The highest BCUT2D eigenvalue weighted by molar-refractivity contribution is 6.25. The summed E-state index contributed by atoms with van der Waals surface area (Å²) in [6.45, 7) is 7.78. The van der Waals surface area contributed by atoms with Gasteiger partial charge in [0.1, 0.15) is 6.04 Å². The molecule has 1 aromatic heterocycles. The molecule has 4 aliphatic rings. The Morgan fingerprint density at radius 1 is 1.03 bits per heavy atom. The highest BCUT2D eigenvalue weighted by Crippen LogP contribution is 2.33. The van der Waals surface area contributed by atoms with Crippen LogP contribution in [0.1, 0.15) is 83.7 Å². The first-order valence-corrected chi connectivity index (χ1v) is 14.0. The number of imide groups is 1. The average molecular weight is 517 g/mol. The molecule has 2 saturated heterocycles. The largest absolute Gasteiger partial charge is 0.380 e. The fourth-order valence-electron chi connectivity index (χ4n) is 6.53. The molecule has 1 aliphatic carbocycles. The molecule has 1 aromatic carbocycles. The van der Waals surface area contributed by atoms with Crippen molar-refractivity contribution in [3.05, 3.63) is 59.6 Å². The Hall–Kier alpha value is -3.46. The van der Waals surface area contributed by atoms with Gasteiger partial charge in [0.25, 0.3) is 11.8 Å². The maximum Gasteiger partial charge on any atom is 0.264 e. The standard InChI is InChI=1S/C29H36N6O3/c1-19-9-10-25(27(36)32-19)35-28(37)23-7-4-8-24(26(23)29(35)38)30-15-21-16-31-34(18-21)22-11-13-33(14-12-22)17-20-5-2-3-6-20/h4,7-8,16,18,20,22,25,30H,1-3,5-6,9-15,17H2,(H,32,36). The molecule has 0 bridgehead atoms. The second-order valence-corrected chi connectivity index (χ2v) is 11.2. The van der Waals surface area contributed by atoms with E-state index in [0.717, 1.165) is 42.3 Å². The van der Waals surface area contributed by atoms with Gasteiger partial charge < -0.3 is 15.5 Å². The number of fused-ring (bicyclic) bond motifs is 1. The fourth-order valence-corrected chi connectivity index (χ4v) is 6.53. The number of carbonyl (C=O) groups is 3. The molecule has 9 heteroatoms. The maximum absolute atomic E-state index is 13.4. The molecule has 9 nitrogen and oxygen atoms in total. The monoisotopic (exact) mass is 516 g/mol. The van der Waals surface area contributed by atoms with Gasteiger partial charge in [0.15, 0.2) is 0 Å². The van der Waals surface area contributed by atoms with Crippen molar-refractivity contribution in [1.82, 2.24) is 24.9 Å². The molecule has 1 unspecified atom stereocenters. The quantitative estimate of drug-likeness (QED) is 0.545. The molecule has 38 heavy (non-hydrogen) atoms. The van der Waals surface area contributed by atoms with E-state index in [1.807, 2.05) is 6.20 Å². The van der Waals surface area contributed by atoms with E-state index in [0.29, 0.717) is 47.9 Å². The number of amides is 3. The molecule has 1 atom stereocenters. The van der Waals surface area contributed by atoms with Crippen LogP contribution in [0.3, 0.4) is 0 Å². The van der Waals surface area contributed by atoms with Gasteiger partial charge in [-0.25, -0.2) is 0 Å². The van der Waals surface area contributed by atoms with Gasteiger partial charge in [-0.15, -0.1) is 0 Å². The van der Waals surface area contributed by atoms with Gasteiger partial charge in [-0.2, -0.15) is 5.10 Å². The summed E-state index contributed by atoms with van der Waals surface area (Å²) in [6.07, 6.45) is 12.7. The van der Waals surface area contributed by atoms with Crippen LogP contribution < -0.4 is 10.6 Å². The molecule has 200 valence electrons. The number of hydrogen-bond acceptors (Lipinski definition) is 6. The number of benzene rings is 1. The van der Waals surface area contributed by atoms with E-state index in [1.165, 1.54) is 32.2 Å². The van der Waals surface area contributed by atoms with Gasteiger partial charge in [-0.3, -0.25) is 24.0 Å². The van der Waals surface area contributed by atoms with Crippen LogP contribution in [0.2, 0.25) is 0 Å². The van der Waals surface area contributed by atoms with Crippen LogP contribution >= 0.6 is 0 Å². The summed E-state index contributed by atoms with van der Waals surface area (Å²) >= 11 is 0. The Kier molecular flexibility index (Phi) is 6.78. The van der Waals surface area contributed by atoms with E-state index < -0.39 is 17.9 Å². The molecular weight excluding hydrogens is 480 g/mol. The first kappa shape index (κ1) is 24.9. The number of nitrogens with one attached hydrogen (secondary N) is 2. The van der Waals surface area contributed by atoms with Crippen LogP contribution in [0, 0.1) is 5.92 Å². The number of hydrogen-bond donors (Lipinski definition) is 2. The third-order valence-corrected chi connectivity index (χ3v) is 8.64. The topological polar surface area (TPSA) is 99.6 Å². The van der Waals surface area contributed by atoms with Crippen molar-refractivity contribution in [2.75, 3.05) is 25.0 Å². The predicted octanol–water partition coefficient (Wildman–Crippen LogP) is 3.71. The van der Waals surface area contributed by atoms with E-state index in [-0.39, 0.29) is 5.91 Å². The van der Waals surface area contributed by atoms with Crippen LogP contribution in [-0.4, -0.2) is 63.0 Å². The van der Waals surface area contributed by atoms with Gasteiger partial charge in [-0.1, -0.05) is 25.5 Å². The number of rotatable bonds is 7. The number of likely N-dealkylation sites (tertiary alicyclic amines) is 1. The number of aromatic nitrogens is 2. The zero-order valence-electron chi connectivity index (χ0n) is 21.8. The SMILES string of the molecule is C=C1CCC(N2C(=O)c3cccc(NCc4cnn(C5CCN(CC6CCCC6)CC5)c4)c3C2=O)C(=O)N1. The normalized spacial score (nSPS) is 23.3. The van der Waals surface area contributed by atoms with Crippen LogP contribution in [-0.2, 0) is 11.3 Å². The van der Waals surface area contributed by atoms with Gasteiger partial charge in [0.2, 0.25) is 5.91 Å². The summed E-state index contributed by atoms with van der Waals surface area (Å²) in [5, 5.41) is 10.7. The van der Waals surface area contributed by atoms with Crippen LogP contribution in [0.4, 0.5) is 5.69 Å². The minimum absolute atomic E-state index is 0.330. The Balaban J connectivity index is 1.08. The van der Waals surface area contributed by atoms with E-state index in [1.54, 1.807) is 18.2 Å². The van der Waals surface area contributed by atoms with Gasteiger partial charge in [-0.05, 0) is 56.6 Å².